The second-order valence-corrected chi connectivity index (χ2v) is 3.08. The summed E-state index contributed by atoms with van der Waals surface area (Å²) in [6.07, 6.45) is 0. The van der Waals surface area contributed by atoms with Crippen molar-refractivity contribution < 1.29 is 9.53 Å². The summed E-state index contributed by atoms with van der Waals surface area (Å²) in [7, 11) is 1.48. The molecule has 0 aromatic heterocycles. The van der Waals surface area contributed by atoms with Crippen molar-refractivity contribution in [2.45, 2.75) is 0 Å². The van der Waals surface area contributed by atoms with Crippen molar-refractivity contribution >= 4 is 23.2 Å². The molecular formula is C10H11NO2S. The summed E-state index contributed by atoms with van der Waals surface area (Å²) in [5.74, 6) is -0.148. The molecule has 4 heteroatoms. The van der Waals surface area contributed by atoms with Crippen LogP contribution in [-0.2, 0) is 4.74 Å². The molecule has 74 valence electrons. The van der Waals surface area contributed by atoms with Gasteiger partial charge in [-0.15, -0.1) is 0 Å². The molecule has 14 heavy (non-hydrogen) atoms. The Kier molecular flexibility index (Phi) is 4.07. The van der Waals surface area contributed by atoms with Crippen LogP contribution in [0.4, 0.5) is 0 Å². The molecule has 1 aromatic rings. The van der Waals surface area contributed by atoms with E-state index < -0.39 is 0 Å². The summed E-state index contributed by atoms with van der Waals surface area (Å²) in [5, 5.41) is 3.01. The molecule has 0 unspecified atom stereocenters. The molecule has 0 heterocycles. The van der Waals surface area contributed by atoms with Gasteiger partial charge in [-0.1, -0.05) is 18.2 Å². The fraction of sp³-hybridized carbons (Fsp3) is 0.200. The van der Waals surface area contributed by atoms with Crippen LogP contribution in [0.3, 0.4) is 0 Å². The molecule has 0 atom stereocenters. The molecule has 0 spiro atoms. The maximum atomic E-state index is 11.4. The van der Waals surface area contributed by atoms with Crippen LogP contribution < -0.4 is 5.32 Å². The Morgan fingerprint density at radius 2 is 2.07 bits per heavy atom. The predicted octanol–water partition coefficient (Wildman–Crippen LogP) is 1.39. The van der Waals surface area contributed by atoms with E-state index in [2.05, 4.69) is 5.32 Å². The summed E-state index contributed by atoms with van der Waals surface area (Å²) in [4.78, 5) is 11.4. The molecule has 0 fully saturated rings. The highest BCUT2D eigenvalue weighted by atomic mass is 32.1. The first-order chi connectivity index (χ1) is 6.74. The molecule has 0 aliphatic rings. The molecule has 0 saturated carbocycles. The van der Waals surface area contributed by atoms with Crippen molar-refractivity contribution in [2.24, 2.45) is 0 Å². The zero-order chi connectivity index (χ0) is 10.4. The zero-order valence-corrected chi connectivity index (χ0v) is 8.64. The maximum absolute atomic E-state index is 11.4. The first kappa shape index (κ1) is 10.7. The zero-order valence-electron chi connectivity index (χ0n) is 7.82. The first-order valence-corrected chi connectivity index (χ1v) is 4.55. The van der Waals surface area contributed by atoms with E-state index in [9.17, 15) is 4.79 Å². The number of hydrogen-bond donors (Lipinski definition) is 1. The Bertz CT molecular complexity index is 324. The van der Waals surface area contributed by atoms with Gasteiger partial charge >= 0.3 is 0 Å². The minimum absolute atomic E-state index is 0.148. The molecule has 1 rings (SSSR count). The third-order valence-corrected chi connectivity index (χ3v) is 1.97. The van der Waals surface area contributed by atoms with Crippen LogP contribution >= 0.6 is 12.2 Å². The summed E-state index contributed by atoms with van der Waals surface area (Å²) < 4.78 is 4.75. The quantitative estimate of drug-likeness (QED) is 0.764. The van der Waals surface area contributed by atoms with Gasteiger partial charge in [0.05, 0.1) is 13.7 Å². The van der Waals surface area contributed by atoms with E-state index in [0.717, 1.165) is 0 Å². The molecule has 3 nitrogen and oxygen atoms in total. The number of hydrogen-bond acceptors (Lipinski definition) is 3. The minimum Gasteiger partial charge on any atom is -0.488 e. The predicted molar refractivity (Wildman–Crippen MR) is 58.4 cm³/mol. The van der Waals surface area contributed by atoms with Crippen LogP contribution in [-0.4, -0.2) is 24.6 Å². The van der Waals surface area contributed by atoms with E-state index in [0.29, 0.717) is 10.6 Å². The number of rotatable bonds is 3. The van der Waals surface area contributed by atoms with Crippen LogP contribution in [0.25, 0.3) is 0 Å². The number of thiocarbonyl (C=S) groups is 1. The van der Waals surface area contributed by atoms with Crippen LogP contribution in [0, 0.1) is 0 Å². The van der Waals surface area contributed by atoms with E-state index in [4.69, 9.17) is 17.0 Å². The van der Waals surface area contributed by atoms with E-state index in [1.54, 1.807) is 12.1 Å². The van der Waals surface area contributed by atoms with Crippen molar-refractivity contribution in [1.82, 2.24) is 5.32 Å². The number of carbonyl (C=O) groups is 1. The highest BCUT2D eigenvalue weighted by Gasteiger charge is 2.04. The lowest BCUT2D eigenvalue weighted by molar-refractivity contribution is 0.0957. The van der Waals surface area contributed by atoms with E-state index >= 15 is 0 Å². The molecule has 0 aliphatic heterocycles. The molecule has 1 amide bonds. The highest BCUT2D eigenvalue weighted by molar-refractivity contribution is 7.80. The Balaban J connectivity index is 2.48. The Morgan fingerprint density at radius 1 is 1.43 bits per heavy atom. The number of amides is 1. The van der Waals surface area contributed by atoms with Gasteiger partial charge in [-0.25, -0.2) is 0 Å². The van der Waals surface area contributed by atoms with Gasteiger partial charge in [0.1, 0.15) is 0 Å². The van der Waals surface area contributed by atoms with E-state index in [1.165, 1.54) is 7.11 Å². The number of benzene rings is 1. The molecule has 0 aliphatic carbocycles. The standard InChI is InChI=1S/C10H11NO2S/c1-13-9(14)7-11-10(12)8-5-3-2-4-6-8/h2-6H,7H2,1H3,(H,11,12). The monoisotopic (exact) mass is 209 g/mol. The second kappa shape index (κ2) is 5.34. The van der Waals surface area contributed by atoms with E-state index in [-0.39, 0.29) is 12.5 Å². The van der Waals surface area contributed by atoms with Crippen LogP contribution in [0.2, 0.25) is 0 Å². The number of ether oxygens (including phenoxy) is 1. The Hall–Kier alpha value is -1.42. The van der Waals surface area contributed by atoms with Crippen LogP contribution in [0.15, 0.2) is 30.3 Å². The molecule has 0 bridgehead atoms. The summed E-state index contributed by atoms with van der Waals surface area (Å²) in [6.45, 7) is 0.263. The van der Waals surface area contributed by atoms with Crippen LogP contribution in [0.1, 0.15) is 10.4 Å². The topological polar surface area (TPSA) is 38.3 Å². The normalized spacial score (nSPS) is 9.21. The minimum atomic E-state index is -0.148. The molecule has 0 saturated heterocycles. The second-order valence-electron chi connectivity index (χ2n) is 2.62. The van der Waals surface area contributed by atoms with Gasteiger partial charge < -0.3 is 10.1 Å². The van der Waals surface area contributed by atoms with Crippen molar-refractivity contribution in [2.75, 3.05) is 13.7 Å². The lowest BCUT2D eigenvalue weighted by atomic mass is 10.2. The molecule has 0 radical (unpaired) electrons. The van der Waals surface area contributed by atoms with Gasteiger partial charge in [-0.2, -0.15) is 0 Å². The van der Waals surface area contributed by atoms with Gasteiger partial charge in [-0.3, -0.25) is 4.79 Å². The summed E-state index contributed by atoms with van der Waals surface area (Å²) in [6, 6.07) is 8.96. The Morgan fingerprint density at radius 3 is 2.64 bits per heavy atom. The lowest BCUT2D eigenvalue weighted by Gasteiger charge is -2.04. The largest absolute Gasteiger partial charge is 0.488 e. The third-order valence-electron chi connectivity index (χ3n) is 1.66. The summed E-state index contributed by atoms with van der Waals surface area (Å²) >= 11 is 4.79. The average Bonchev–Trinajstić information content (AvgIpc) is 2.26. The average molecular weight is 209 g/mol. The van der Waals surface area contributed by atoms with Crippen molar-refractivity contribution in [1.29, 1.82) is 0 Å². The van der Waals surface area contributed by atoms with Gasteiger partial charge in [0.2, 0.25) is 0 Å². The van der Waals surface area contributed by atoms with Gasteiger partial charge in [0.25, 0.3) is 5.91 Å². The van der Waals surface area contributed by atoms with Gasteiger partial charge in [0.15, 0.2) is 5.05 Å². The lowest BCUT2D eigenvalue weighted by Crippen LogP contribution is -2.29. The number of nitrogens with one attached hydrogen (secondary N) is 1. The first-order valence-electron chi connectivity index (χ1n) is 4.14. The van der Waals surface area contributed by atoms with E-state index in [1.807, 2.05) is 18.2 Å². The maximum Gasteiger partial charge on any atom is 0.251 e. The number of methoxy groups -OCH3 is 1. The van der Waals surface area contributed by atoms with Crippen molar-refractivity contribution in [3.63, 3.8) is 0 Å². The third kappa shape index (κ3) is 3.14. The van der Waals surface area contributed by atoms with Gasteiger partial charge in [-0.05, 0) is 24.4 Å². The fourth-order valence-corrected chi connectivity index (χ4v) is 0.988. The SMILES string of the molecule is COC(=S)CNC(=O)c1ccccc1. The molecular weight excluding hydrogens is 198 g/mol. The number of carbonyl (C=O) groups excluding carboxylic acids is 1. The highest BCUT2D eigenvalue weighted by Crippen LogP contribution is 1.97. The molecule has 1 aromatic carbocycles. The van der Waals surface area contributed by atoms with Crippen molar-refractivity contribution in [3.05, 3.63) is 35.9 Å². The van der Waals surface area contributed by atoms with Crippen molar-refractivity contribution in [3.8, 4) is 0 Å². The van der Waals surface area contributed by atoms with Gasteiger partial charge in [0, 0.05) is 5.56 Å². The summed E-state index contributed by atoms with van der Waals surface area (Å²) in [5.41, 5.74) is 0.617. The smallest absolute Gasteiger partial charge is 0.251 e. The van der Waals surface area contributed by atoms with Crippen LogP contribution in [0.5, 0.6) is 0 Å². The Labute approximate surface area is 88.1 Å². The molecule has 1 N–H and O–H groups in total. The fourth-order valence-electron chi connectivity index (χ4n) is 0.916.